The molecule has 0 fully saturated rings. The fourth-order valence-corrected chi connectivity index (χ4v) is 5.91. The Hall–Kier alpha value is -4.44. The van der Waals surface area contributed by atoms with Gasteiger partial charge in [0, 0.05) is 24.9 Å². The summed E-state index contributed by atoms with van der Waals surface area (Å²) in [6.07, 6.45) is 6.33. The molecule has 208 valence electrons. The van der Waals surface area contributed by atoms with Crippen molar-refractivity contribution in [2.75, 3.05) is 10.6 Å². The molecule has 1 aliphatic rings. The molecule has 11 heteroatoms. The van der Waals surface area contributed by atoms with E-state index in [4.69, 9.17) is 23.2 Å². The summed E-state index contributed by atoms with van der Waals surface area (Å²) in [7, 11) is 0. The lowest BCUT2D eigenvalue weighted by atomic mass is 9.75. The quantitative estimate of drug-likeness (QED) is 0.203. The largest absolute Gasteiger partial charge is 0.391 e. The van der Waals surface area contributed by atoms with Crippen LogP contribution in [0.2, 0.25) is 10.0 Å². The molecule has 7 rings (SSSR count). The van der Waals surface area contributed by atoms with E-state index in [-0.39, 0.29) is 12.0 Å². The number of aromatic nitrogens is 6. The van der Waals surface area contributed by atoms with Crippen LogP contribution in [0.25, 0.3) is 22.1 Å². The van der Waals surface area contributed by atoms with Crippen LogP contribution in [-0.4, -0.2) is 41.1 Å². The maximum atomic E-state index is 11.5. The van der Waals surface area contributed by atoms with E-state index in [9.17, 15) is 5.11 Å². The molecule has 0 aliphatic heterocycles. The van der Waals surface area contributed by atoms with Gasteiger partial charge in [-0.2, -0.15) is 0 Å². The van der Waals surface area contributed by atoms with E-state index >= 15 is 0 Å². The molecule has 0 bridgehead atoms. The number of anilines is 2. The molecule has 0 spiro atoms. The first-order valence-corrected chi connectivity index (χ1v) is 14.2. The molecule has 3 N–H and O–H groups in total. The molecule has 0 amide bonds. The number of benzene rings is 2. The molecule has 0 saturated carbocycles. The monoisotopic (exact) mass is 594 g/mol. The number of nitrogens with zero attached hydrogens (tertiary/aromatic N) is 6. The van der Waals surface area contributed by atoms with Gasteiger partial charge in [-0.1, -0.05) is 53.5 Å². The smallest absolute Gasteiger partial charge is 0.164 e. The van der Waals surface area contributed by atoms with E-state index in [1.165, 1.54) is 12.7 Å². The van der Waals surface area contributed by atoms with Crippen molar-refractivity contribution in [1.82, 2.24) is 29.9 Å². The minimum absolute atomic E-state index is 0.0884. The second-order valence-electron chi connectivity index (χ2n) is 10.2. The third kappa shape index (κ3) is 4.96. The Bertz CT molecular complexity index is 1930. The van der Waals surface area contributed by atoms with Crippen molar-refractivity contribution in [2.24, 2.45) is 0 Å². The van der Waals surface area contributed by atoms with Crippen molar-refractivity contribution in [3.8, 4) is 0 Å². The van der Waals surface area contributed by atoms with Crippen LogP contribution in [0.5, 0.6) is 0 Å². The Morgan fingerprint density at radius 2 is 1.64 bits per heavy atom. The molecule has 4 aromatic heterocycles. The normalized spacial score (nSPS) is 18.1. The van der Waals surface area contributed by atoms with Crippen LogP contribution in [0.15, 0.2) is 85.7 Å². The van der Waals surface area contributed by atoms with Crippen molar-refractivity contribution in [1.29, 1.82) is 0 Å². The Morgan fingerprint density at radius 1 is 0.810 bits per heavy atom. The van der Waals surface area contributed by atoms with Gasteiger partial charge in [0.05, 0.1) is 33.1 Å². The number of aliphatic hydroxyl groups is 1. The van der Waals surface area contributed by atoms with Crippen molar-refractivity contribution in [3.63, 3.8) is 0 Å². The van der Waals surface area contributed by atoms with Gasteiger partial charge in [-0.25, -0.2) is 24.9 Å². The number of nitrogens with one attached hydrogen (secondary N) is 2. The number of hydrogen-bond acceptors (Lipinski definition) is 9. The van der Waals surface area contributed by atoms with Gasteiger partial charge in [-0.15, -0.1) is 0 Å². The fraction of sp³-hybridized carbons (Fsp3) is 0.161. The Balaban J connectivity index is 1.21. The number of pyridine rings is 2. The van der Waals surface area contributed by atoms with Crippen LogP contribution >= 0.6 is 23.2 Å². The van der Waals surface area contributed by atoms with Crippen LogP contribution in [0, 0.1) is 0 Å². The van der Waals surface area contributed by atoms with E-state index in [0.29, 0.717) is 45.8 Å². The van der Waals surface area contributed by atoms with E-state index in [2.05, 4.69) is 52.7 Å². The number of aliphatic hydroxyl groups excluding tert-OH is 1. The highest BCUT2D eigenvalue weighted by molar-refractivity contribution is 6.42. The molecule has 42 heavy (non-hydrogen) atoms. The summed E-state index contributed by atoms with van der Waals surface area (Å²) in [5, 5.41) is 20.1. The summed E-state index contributed by atoms with van der Waals surface area (Å²) < 4.78 is 0. The molecule has 6 aromatic rings. The highest BCUT2D eigenvalue weighted by Gasteiger charge is 2.35. The lowest BCUT2D eigenvalue weighted by Gasteiger charge is -2.36. The summed E-state index contributed by atoms with van der Waals surface area (Å²) in [5.74, 6) is 1.16. The van der Waals surface area contributed by atoms with Crippen LogP contribution in [0.3, 0.4) is 0 Å². The van der Waals surface area contributed by atoms with Gasteiger partial charge in [0.1, 0.15) is 24.0 Å². The lowest BCUT2D eigenvalue weighted by Crippen LogP contribution is -2.33. The summed E-state index contributed by atoms with van der Waals surface area (Å²) in [4.78, 5) is 26.7. The minimum Gasteiger partial charge on any atom is -0.391 e. The van der Waals surface area contributed by atoms with Gasteiger partial charge in [-0.3, -0.25) is 4.98 Å². The van der Waals surface area contributed by atoms with Crippen LogP contribution < -0.4 is 10.6 Å². The van der Waals surface area contributed by atoms with Gasteiger partial charge in [0.15, 0.2) is 11.5 Å². The molecular weight excluding hydrogens is 571 g/mol. The maximum Gasteiger partial charge on any atom is 0.164 e. The van der Waals surface area contributed by atoms with Gasteiger partial charge < -0.3 is 15.7 Å². The predicted molar refractivity (Wildman–Crippen MR) is 164 cm³/mol. The lowest BCUT2D eigenvalue weighted by molar-refractivity contribution is 0.129. The van der Waals surface area contributed by atoms with Gasteiger partial charge in [0.2, 0.25) is 0 Å². The molecule has 0 radical (unpaired) electrons. The Labute approximate surface area is 251 Å². The second kappa shape index (κ2) is 11.1. The van der Waals surface area contributed by atoms with Crippen LogP contribution in [0.4, 0.5) is 11.6 Å². The molecule has 3 unspecified atom stereocenters. The van der Waals surface area contributed by atoms with Crippen molar-refractivity contribution in [3.05, 3.63) is 118 Å². The zero-order valence-corrected chi connectivity index (χ0v) is 23.6. The third-order valence-electron chi connectivity index (χ3n) is 7.61. The first kappa shape index (κ1) is 26.5. The average molecular weight is 595 g/mol. The third-order valence-corrected chi connectivity index (χ3v) is 8.35. The van der Waals surface area contributed by atoms with Crippen LogP contribution in [-0.2, 0) is 6.54 Å². The molecule has 3 atom stereocenters. The number of hydrogen-bond donors (Lipinski definition) is 3. The molecule has 9 nitrogen and oxygen atoms in total. The van der Waals surface area contributed by atoms with Crippen molar-refractivity contribution < 1.29 is 5.11 Å². The molecule has 4 heterocycles. The first-order valence-electron chi connectivity index (χ1n) is 13.4. The molecule has 2 aromatic carbocycles. The zero-order chi connectivity index (χ0) is 28.6. The van der Waals surface area contributed by atoms with Crippen LogP contribution in [0.1, 0.15) is 40.6 Å². The topological polar surface area (TPSA) is 122 Å². The Kier molecular flexibility index (Phi) is 6.99. The van der Waals surface area contributed by atoms with Gasteiger partial charge in [0.25, 0.3) is 0 Å². The Morgan fingerprint density at radius 3 is 2.52 bits per heavy atom. The highest BCUT2D eigenvalue weighted by Crippen LogP contribution is 2.43. The fourth-order valence-electron chi connectivity index (χ4n) is 5.59. The van der Waals surface area contributed by atoms with Crippen molar-refractivity contribution in [2.45, 2.75) is 31.0 Å². The summed E-state index contributed by atoms with van der Waals surface area (Å²) in [5.41, 5.74) is 6.01. The average Bonchev–Trinajstić information content (AvgIpc) is 3.02. The van der Waals surface area contributed by atoms with E-state index in [1.54, 1.807) is 12.3 Å². The van der Waals surface area contributed by atoms with Crippen molar-refractivity contribution >= 4 is 56.9 Å². The maximum absolute atomic E-state index is 11.5. The van der Waals surface area contributed by atoms with E-state index in [0.717, 1.165) is 33.2 Å². The predicted octanol–water partition coefficient (Wildman–Crippen LogP) is 6.33. The second-order valence-corrected chi connectivity index (χ2v) is 11.0. The number of rotatable bonds is 6. The highest BCUT2D eigenvalue weighted by atomic mass is 35.5. The summed E-state index contributed by atoms with van der Waals surface area (Å²) >= 11 is 12.3. The first-order chi connectivity index (χ1) is 20.5. The summed E-state index contributed by atoms with van der Waals surface area (Å²) in [6, 6.07) is 19.1. The number of halogens is 2. The van der Waals surface area contributed by atoms with Gasteiger partial charge in [-0.05, 0) is 59.0 Å². The standard InChI is InChI=1S/C31H24Cl2N8O/c32-23-8-7-17(10-24(23)33)13-35-29-22-11-18(14-36-30(22)39-16-38-29)21-12-26(42)27(20-5-2-1-4-19(20)21)41-31-28-25(37-15-40-31)6-3-9-34-28/h1-11,14-16,21,26-27,42H,12-13H2,(H,37,40,41)(H,35,36,38,39). The zero-order valence-electron chi connectivity index (χ0n) is 22.1. The molecular formula is C31H24Cl2N8O. The van der Waals surface area contributed by atoms with E-state index < -0.39 is 6.10 Å². The molecule has 0 saturated heterocycles. The van der Waals surface area contributed by atoms with Gasteiger partial charge >= 0.3 is 0 Å². The summed E-state index contributed by atoms with van der Waals surface area (Å²) in [6.45, 7) is 0.498. The number of fused-ring (bicyclic) bond motifs is 3. The van der Waals surface area contributed by atoms with E-state index in [1.807, 2.05) is 48.7 Å². The minimum atomic E-state index is -0.700. The molecule has 1 aliphatic carbocycles. The SMILES string of the molecule is OC1CC(c2cnc3ncnc(NCc4ccc(Cl)c(Cl)c4)c3c2)c2ccccc2C1Nc1ncnc2cccnc12.